The number of fused-ring (bicyclic) bond motifs is 1. The molecule has 0 bridgehead atoms. The molecule has 0 unspecified atom stereocenters. The number of halogens is 3. The van der Waals surface area contributed by atoms with Gasteiger partial charge in [-0.3, -0.25) is 14.7 Å². The molecule has 5 rings (SSSR count). The second-order valence-corrected chi connectivity index (χ2v) is 11.2. The smallest absolute Gasteiger partial charge is 0.245 e. The molecule has 1 aromatic carbocycles. The van der Waals surface area contributed by atoms with Crippen molar-refractivity contribution >= 4 is 75.8 Å². The molecule has 3 saturated heterocycles. The number of thioether (sulfide) groups is 1. The van der Waals surface area contributed by atoms with Gasteiger partial charge in [-0.25, -0.2) is 8.42 Å². The fourth-order valence-electron chi connectivity index (χ4n) is 4.72. The van der Waals surface area contributed by atoms with Crippen LogP contribution < -0.4 is 5.32 Å². The summed E-state index contributed by atoms with van der Waals surface area (Å²) in [7, 11) is -3.61. The van der Waals surface area contributed by atoms with Crippen LogP contribution in [0.3, 0.4) is 0 Å². The highest BCUT2D eigenvalue weighted by molar-refractivity contribution is 7.99. The van der Waals surface area contributed by atoms with Gasteiger partial charge < -0.3 is 10.2 Å². The topological polar surface area (TPSA) is 85.9 Å². The van der Waals surface area contributed by atoms with E-state index in [1.54, 1.807) is 34.4 Å². The van der Waals surface area contributed by atoms with Gasteiger partial charge in [0.15, 0.2) is 0 Å². The number of benzene rings is 1. The fourth-order valence-corrected chi connectivity index (χ4v) is 7.27. The molecule has 2 aromatic rings. The minimum atomic E-state index is -3.61. The third kappa shape index (κ3) is 5.75. The molecule has 3 aliphatic rings. The van der Waals surface area contributed by atoms with Gasteiger partial charge in [-0.15, -0.1) is 49.0 Å². The SMILES string of the molecule is Cl.Cl.Cl.O=C([C@@H]1C[C@H](N2CCN(S(=O)(=O)c3cccc4cccnc34)CC2)CN1)N1CCSC1. The molecule has 4 heterocycles. The maximum absolute atomic E-state index is 13.3. The molecule has 0 radical (unpaired) electrons. The van der Waals surface area contributed by atoms with Crippen LogP contribution in [0.2, 0.25) is 0 Å². The normalized spacial score (nSPS) is 23.7. The summed E-state index contributed by atoms with van der Waals surface area (Å²) in [6, 6.07) is 9.14. The van der Waals surface area contributed by atoms with E-state index < -0.39 is 10.0 Å². The molecule has 2 atom stereocenters. The van der Waals surface area contributed by atoms with Crippen LogP contribution in [-0.2, 0) is 14.8 Å². The number of aromatic nitrogens is 1. The van der Waals surface area contributed by atoms with Gasteiger partial charge in [0.25, 0.3) is 0 Å². The first-order valence-corrected chi connectivity index (χ1v) is 13.3. The van der Waals surface area contributed by atoms with E-state index in [4.69, 9.17) is 0 Å². The van der Waals surface area contributed by atoms with Gasteiger partial charge in [0.05, 0.1) is 17.4 Å². The van der Waals surface area contributed by atoms with Crippen molar-refractivity contribution in [3.63, 3.8) is 0 Å². The molecule has 1 aromatic heterocycles. The Hall–Kier alpha value is -0.850. The molecule has 0 saturated carbocycles. The van der Waals surface area contributed by atoms with Crippen LogP contribution in [0, 0.1) is 0 Å². The van der Waals surface area contributed by atoms with Crippen LogP contribution in [0.5, 0.6) is 0 Å². The number of nitrogens with one attached hydrogen (secondary N) is 1. The van der Waals surface area contributed by atoms with Crippen LogP contribution in [-0.4, -0.2) is 96.4 Å². The average molecular weight is 571 g/mol. The summed E-state index contributed by atoms with van der Waals surface area (Å²) in [5.74, 6) is 2.02. The Morgan fingerprint density at radius 1 is 1.03 bits per heavy atom. The quantitative estimate of drug-likeness (QED) is 0.602. The highest BCUT2D eigenvalue weighted by Gasteiger charge is 2.38. The van der Waals surface area contributed by atoms with E-state index >= 15 is 0 Å². The molecule has 1 N–H and O–H groups in total. The van der Waals surface area contributed by atoms with Gasteiger partial charge in [-0.05, 0) is 18.6 Å². The number of carbonyl (C=O) groups excluding carboxylic acids is 1. The Bertz CT molecular complexity index is 1080. The lowest BCUT2D eigenvalue weighted by molar-refractivity contribution is -0.131. The zero-order valence-electron chi connectivity index (χ0n) is 18.5. The van der Waals surface area contributed by atoms with Crippen molar-refractivity contribution in [1.82, 2.24) is 24.4 Å². The minimum absolute atomic E-state index is 0. The lowest BCUT2D eigenvalue weighted by atomic mass is 10.1. The van der Waals surface area contributed by atoms with Crippen molar-refractivity contribution in [1.29, 1.82) is 0 Å². The van der Waals surface area contributed by atoms with Crippen LogP contribution in [0.4, 0.5) is 0 Å². The molecule has 13 heteroatoms. The van der Waals surface area contributed by atoms with Crippen LogP contribution >= 0.6 is 49.0 Å². The summed E-state index contributed by atoms with van der Waals surface area (Å²) in [6.45, 7) is 3.85. The maximum atomic E-state index is 13.3. The zero-order valence-corrected chi connectivity index (χ0v) is 22.6. The van der Waals surface area contributed by atoms with Crippen molar-refractivity contribution < 1.29 is 13.2 Å². The summed E-state index contributed by atoms with van der Waals surface area (Å²) >= 11 is 1.80. The van der Waals surface area contributed by atoms with E-state index in [9.17, 15) is 13.2 Å². The second kappa shape index (κ2) is 12.4. The van der Waals surface area contributed by atoms with Gasteiger partial charge >= 0.3 is 0 Å². The fraction of sp³-hybridized carbons (Fsp3) is 0.524. The van der Waals surface area contributed by atoms with Crippen molar-refractivity contribution in [2.24, 2.45) is 0 Å². The van der Waals surface area contributed by atoms with Crippen molar-refractivity contribution in [3.8, 4) is 0 Å². The molecule has 34 heavy (non-hydrogen) atoms. The number of pyridine rings is 1. The number of carbonyl (C=O) groups is 1. The standard InChI is InChI=1S/C21H27N5O3S2.3ClH/c27-21(25-11-12-30-15-25)18-13-17(14-23-18)24-7-9-26(10-8-24)31(28,29)19-5-1-3-16-4-2-6-22-20(16)19;;;/h1-6,17-18,23H,7-15H2;3*1H/t17-,18-;;;/m0.../s1. The largest absolute Gasteiger partial charge is 0.331 e. The second-order valence-electron chi connectivity index (χ2n) is 8.26. The third-order valence-electron chi connectivity index (χ3n) is 6.47. The number of amides is 1. The Morgan fingerprint density at radius 3 is 2.47 bits per heavy atom. The number of nitrogens with zero attached hydrogens (tertiary/aromatic N) is 4. The molecular formula is C21H30Cl3N5O3S2. The van der Waals surface area contributed by atoms with Gasteiger partial charge in [0, 0.05) is 62.6 Å². The summed E-state index contributed by atoms with van der Waals surface area (Å²) in [5, 5.41) is 4.21. The highest BCUT2D eigenvalue weighted by Crippen LogP contribution is 2.26. The number of piperazine rings is 1. The lowest BCUT2D eigenvalue weighted by Crippen LogP contribution is -2.52. The first kappa shape index (κ1) is 29.4. The van der Waals surface area contributed by atoms with Crippen LogP contribution in [0.25, 0.3) is 10.9 Å². The molecule has 1 amide bonds. The molecule has 190 valence electrons. The van der Waals surface area contributed by atoms with Gasteiger partial charge in [-0.1, -0.05) is 18.2 Å². The van der Waals surface area contributed by atoms with E-state index in [1.807, 2.05) is 23.1 Å². The van der Waals surface area contributed by atoms with E-state index in [2.05, 4.69) is 15.2 Å². The Balaban J connectivity index is 0.00000136. The first-order chi connectivity index (χ1) is 15.0. The Labute approximate surface area is 223 Å². The summed E-state index contributed by atoms with van der Waals surface area (Å²) < 4.78 is 28.2. The molecule has 3 aliphatic heterocycles. The number of hydrogen-bond acceptors (Lipinski definition) is 7. The molecule has 0 spiro atoms. The lowest BCUT2D eigenvalue weighted by Gasteiger charge is -2.37. The molecule has 3 fully saturated rings. The van der Waals surface area contributed by atoms with E-state index in [0.29, 0.717) is 31.7 Å². The monoisotopic (exact) mass is 569 g/mol. The van der Waals surface area contributed by atoms with Gasteiger partial charge in [0.1, 0.15) is 4.90 Å². The molecule has 8 nitrogen and oxygen atoms in total. The predicted molar refractivity (Wildman–Crippen MR) is 143 cm³/mol. The summed E-state index contributed by atoms with van der Waals surface area (Å²) in [6.07, 6.45) is 2.42. The van der Waals surface area contributed by atoms with Gasteiger partial charge in [-0.2, -0.15) is 4.31 Å². The van der Waals surface area contributed by atoms with Crippen molar-refractivity contribution in [2.45, 2.75) is 23.4 Å². The van der Waals surface area contributed by atoms with Crippen LogP contribution in [0.1, 0.15) is 6.42 Å². The first-order valence-electron chi connectivity index (χ1n) is 10.7. The Morgan fingerprint density at radius 2 is 1.76 bits per heavy atom. The number of para-hydroxylation sites is 1. The Kier molecular flexibility index (Phi) is 10.7. The zero-order chi connectivity index (χ0) is 21.4. The van der Waals surface area contributed by atoms with Gasteiger partial charge in [0.2, 0.25) is 15.9 Å². The molecular weight excluding hydrogens is 541 g/mol. The van der Waals surface area contributed by atoms with E-state index in [0.717, 1.165) is 36.5 Å². The number of hydrogen-bond donors (Lipinski definition) is 1. The average Bonchev–Trinajstić information content (AvgIpc) is 3.51. The summed E-state index contributed by atoms with van der Waals surface area (Å²) in [5.41, 5.74) is 0.522. The number of rotatable bonds is 4. The van der Waals surface area contributed by atoms with E-state index in [1.165, 1.54) is 0 Å². The van der Waals surface area contributed by atoms with Crippen LogP contribution in [0.15, 0.2) is 41.4 Å². The summed E-state index contributed by atoms with van der Waals surface area (Å²) in [4.78, 5) is 21.5. The van der Waals surface area contributed by atoms with Crippen molar-refractivity contribution in [3.05, 3.63) is 36.5 Å². The van der Waals surface area contributed by atoms with E-state index in [-0.39, 0.29) is 60.1 Å². The minimum Gasteiger partial charge on any atom is -0.331 e. The highest BCUT2D eigenvalue weighted by atomic mass is 35.5. The van der Waals surface area contributed by atoms with Crippen molar-refractivity contribution in [2.75, 3.05) is 50.9 Å². The molecule has 0 aliphatic carbocycles. The maximum Gasteiger partial charge on any atom is 0.245 e. The third-order valence-corrected chi connectivity index (χ3v) is 9.37. The predicted octanol–water partition coefficient (Wildman–Crippen LogP) is 2.07. The number of sulfonamides is 1.